The number of rotatable bonds is 8. The van der Waals surface area contributed by atoms with Crippen molar-refractivity contribution in [1.29, 1.82) is 0 Å². The summed E-state index contributed by atoms with van der Waals surface area (Å²) in [7, 11) is 0. The average molecular weight is 437 g/mol. The number of hydrogen-bond acceptors (Lipinski definition) is 4. The zero-order valence-electron chi connectivity index (χ0n) is 18.8. The second kappa shape index (κ2) is 9.41. The van der Waals surface area contributed by atoms with Crippen molar-refractivity contribution in [2.75, 3.05) is 11.4 Å². The Morgan fingerprint density at radius 2 is 1.64 bits per heavy atom. The molecular weight excluding hydrogens is 408 g/mol. The number of nitrogens with one attached hydrogen (secondary N) is 1. The first-order valence-electron chi connectivity index (χ1n) is 11.6. The average Bonchev–Trinajstić information content (AvgIpc) is 3.68. The maximum Gasteiger partial charge on any atom is 0.224 e. The fourth-order valence-electron chi connectivity index (χ4n) is 4.42. The highest BCUT2D eigenvalue weighted by Crippen LogP contribution is 2.47. The van der Waals surface area contributed by atoms with E-state index in [4.69, 9.17) is 9.97 Å². The van der Waals surface area contributed by atoms with Crippen LogP contribution in [0.15, 0.2) is 84.9 Å². The van der Waals surface area contributed by atoms with Crippen molar-refractivity contribution in [2.24, 2.45) is 5.92 Å². The Hall–Kier alpha value is -3.73. The Kier molecular flexibility index (Phi) is 6.03. The first-order chi connectivity index (χ1) is 16.2. The summed E-state index contributed by atoms with van der Waals surface area (Å²) in [5.74, 6) is 1.99. The number of anilines is 1. The van der Waals surface area contributed by atoms with Gasteiger partial charge < -0.3 is 10.2 Å². The van der Waals surface area contributed by atoms with E-state index in [-0.39, 0.29) is 11.8 Å². The van der Waals surface area contributed by atoms with Crippen molar-refractivity contribution in [3.63, 3.8) is 0 Å². The molecule has 1 amide bonds. The normalized spacial score (nSPS) is 17.0. The van der Waals surface area contributed by atoms with Gasteiger partial charge in [0.05, 0.1) is 12.1 Å². The van der Waals surface area contributed by atoms with E-state index in [0.29, 0.717) is 18.3 Å². The fourth-order valence-corrected chi connectivity index (χ4v) is 4.42. The van der Waals surface area contributed by atoms with Gasteiger partial charge in [0.2, 0.25) is 5.91 Å². The molecule has 0 spiro atoms. The number of carbonyl (C=O) groups excluding carboxylic acids is 1. The lowest BCUT2D eigenvalue weighted by molar-refractivity contribution is -0.122. The quantitative estimate of drug-likeness (QED) is 0.419. The first-order valence-corrected chi connectivity index (χ1v) is 11.6. The monoisotopic (exact) mass is 436 g/mol. The minimum Gasteiger partial charge on any atom is -0.352 e. The molecule has 1 aliphatic rings. The number of nitrogens with zero attached hydrogens (tertiary/aromatic N) is 3. The zero-order valence-corrected chi connectivity index (χ0v) is 18.8. The van der Waals surface area contributed by atoms with E-state index in [1.54, 1.807) is 0 Å². The number of benzene rings is 3. The molecule has 1 fully saturated rings. The third-order valence-corrected chi connectivity index (χ3v) is 6.30. The lowest BCUT2D eigenvalue weighted by Crippen LogP contribution is -2.27. The third-order valence-electron chi connectivity index (χ3n) is 6.30. The van der Waals surface area contributed by atoms with Gasteiger partial charge in [-0.15, -0.1) is 0 Å². The van der Waals surface area contributed by atoms with Gasteiger partial charge in [0.15, 0.2) is 5.82 Å². The molecule has 5 rings (SSSR count). The molecule has 1 aromatic heterocycles. The maximum atomic E-state index is 12.8. The molecule has 0 radical (unpaired) electrons. The number of fused-ring (bicyclic) bond motifs is 1. The van der Waals surface area contributed by atoms with Crippen molar-refractivity contribution in [1.82, 2.24) is 15.3 Å². The van der Waals surface area contributed by atoms with Gasteiger partial charge >= 0.3 is 0 Å². The molecule has 0 unspecified atom stereocenters. The molecule has 1 saturated carbocycles. The molecule has 5 heteroatoms. The van der Waals surface area contributed by atoms with Gasteiger partial charge in [-0.05, 0) is 42.5 Å². The Bertz CT molecular complexity index is 1240. The van der Waals surface area contributed by atoms with Crippen molar-refractivity contribution in [3.8, 4) is 0 Å². The van der Waals surface area contributed by atoms with Gasteiger partial charge in [-0.3, -0.25) is 4.79 Å². The van der Waals surface area contributed by atoms with E-state index in [0.717, 1.165) is 36.2 Å². The molecule has 1 heterocycles. The highest BCUT2D eigenvalue weighted by Gasteiger charge is 2.43. The van der Waals surface area contributed by atoms with E-state index in [1.807, 2.05) is 42.5 Å². The van der Waals surface area contributed by atoms with Crippen LogP contribution >= 0.6 is 0 Å². The minimum absolute atomic E-state index is 0.0394. The van der Waals surface area contributed by atoms with E-state index in [1.165, 1.54) is 11.1 Å². The van der Waals surface area contributed by atoms with Crippen molar-refractivity contribution < 1.29 is 4.79 Å². The van der Waals surface area contributed by atoms with Crippen LogP contribution in [0.2, 0.25) is 0 Å². The van der Waals surface area contributed by atoms with Gasteiger partial charge in [0, 0.05) is 24.4 Å². The van der Waals surface area contributed by atoms with Crippen molar-refractivity contribution in [3.05, 3.63) is 102 Å². The van der Waals surface area contributed by atoms with Crippen LogP contribution in [0, 0.1) is 5.92 Å². The first kappa shape index (κ1) is 21.1. The molecule has 166 valence electrons. The Morgan fingerprint density at radius 3 is 2.39 bits per heavy atom. The van der Waals surface area contributed by atoms with Gasteiger partial charge in [-0.1, -0.05) is 72.8 Å². The number of amides is 1. The molecular formula is C28H28N4O. The Balaban J connectivity index is 1.34. The summed E-state index contributed by atoms with van der Waals surface area (Å²) in [4.78, 5) is 24.7. The van der Waals surface area contributed by atoms with Crippen LogP contribution in [-0.4, -0.2) is 22.4 Å². The van der Waals surface area contributed by atoms with Crippen molar-refractivity contribution >= 4 is 22.6 Å². The van der Waals surface area contributed by atoms with Crippen LogP contribution in [-0.2, 0) is 17.9 Å². The van der Waals surface area contributed by atoms with Crippen LogP contribution < -0.4 is 10.2 Å². The van der Waals surface area contributed by atoms with Crippen LogP contribution in [0.25, 0.3) is 10.9 Å². The minimum atomic E-state index is 0.0394. The summed E-state index contributed by atoms with van der Waals surface area (Å²) in [6.45, 7) is 4.06. The van der Waals surface area contributed by atoms with Crippen LogP contribution in [0.4, 0.5) is 5.82 Å². The number of aromatic nitrogens is 2. The molecule has 33 heavy (non-hydrogen) atoms. The summed E-state index contributed by atoms with van der Waals surface area (Å²) < 4.78 is 0. The molecule has 2 atom stereocenters. The standard InChI is InChI=1S/C28H28N4O/c1-2-32(19-20-11-5-3-6-12-20)27-22-15-9-10-16-25(22)30-26(31-27)18-29-28(33)24-17-23(24)21-13-7-4-8-14-21/h3-16,23-24H,2,17-19H2,1H3,(H,29,33)/t23-,24+/m0/s1. The largest absolute Gasteiger partial charge is 0.352 e. The SMILES string of the molecule is CCN(Cc1ccccc1)c1nc(CNC(=O)[C@@H]2C[C@H]2c2ccccc2)nc2ccccc12. The zero-order chi connectivity index (χ0) is 22.6. The lowest BCUT2D eigenvalue weighted by atomic mass is 10.1. The van der Waals surface area contributed by atoms with Gasteiger partial charge in [0.25, 0.3) is 0 Å². The molecule has 0 bridgehead atoms. The molecule has 4 aromatic rings. The highest BCUT2D eigenvalue weighted by molar-refractivity contribution is 5.89. The van der Waals surface area contributed by atoms with Gasteiger partial charge in [-0.2, -0.15) is 0 Å². The van der Waals surface area contributed by atoms with Crippen LogP contribution in [0.3, 0.4) is 0 Å². The molecule has 0 saturated heterocycles. The second-order valence-corrected chi connectivity index (χ2v) is 8.56. The summed E-state index contributed by atoms with van der Waals surface area (Å²) >= 11 is 0. The van der Waals surface area contributed by atoms with Crippen LogP contribution in [0.1, 0.15) is 36.2 Å². The van der Waals surface area contributed by atoms with E-state index < -0.39 is 0 Å². The van der Waals surface area contributed by atoms with Crippen LogP contribution in [0.5, 0.6) is 0 Å². The van der Waals surface area contributed by atoms with Crippen molar-refractivity contribution in [2.45, 2.75) is 32.4 Å². The number of para-hydroxylation sites is 1. The maximum absolute atomic E-state index is 12.8. The summed E-state index contributed by atoms with van der Waals surface area (Å²) in [5, 5.41) is 4.10. The molecule has 5 nitrogen and oxygen atoms in total. The van der Waals surface area contributed by atoms with Gasteiger partial charge in [0.1, 0.15) is 5.82 Å². The number of carbonyl (C=O) groups is 1. The Morgan fingerprint density at radius 1 is 0.939 bits per heavy atom. The summed E-state index contributed by atoms with van der Waals surface area (Å²) in [6, 6.07) is 28.8. The third kappa shape index (κ3) is 4.72. The number of hydrogen-bond donors (Lipinski definition) is 1. The fraction of sp³-hybridized carbons (Fsp3) is 0.250. The highest BCUT2D eigenvalue weighted by atomic mass is 16.2. The molecule has 1 aliphatic carbocycles. The predicted octanol–water partition coefficient (Wildman–Crippen LogP) is 5.08. The summed E-state index contributed by atoms with van der Waals surface area (Å²) in [6.07, 6.45) is 0.903. The lowest BCUT2D eigenvalue weighted by Gasteiger charge is -2.24. The topological polar surface area (TPSA) is 58.1 Å². The summed E-state index contributed by atoms with van der Waals surface area (Å²) in [5.41, 5.74) is 3.37. The molecule has 1 N–H and O–H groups in total. The molecule has 0 aliphatic heterocycles. The second-order valence-electron chi connectivity index (χ2n) is 8.56. The van der Waals surface area contributed by atoms with Gasteiger partial charge in [-0.25, -0.2) is 9.97 Å². The smallest absolute Gasteiger partial charge is 0.224 e. The molecule has 3 aromatic carbocycles. The van der Waals surface area contributed by atoms with E-state index in [2.05, 4.69) is 59.6 Å². The van der Waals surface area contributed by atoms with E-state index in [9.17, 15) is 4.79 Å². The predicted molar refractivity (Wildman–Crippen MR) is 132 cm³/mol. The van der Waals surface area contributed by atoms with E-state index >= 15 is 0 Å². The Labute approximate surface area is 194 Å².